The Morgan fingerprint density at radius 3 is 2.56 bits per heavy atom. The van der Waals surface area contributed by atoms with E-state index in [-0.39, 0.29) is 23.5 Å². The molecule has 2 aromatic rings. The summed E-state index contributed by atoms with van der Waals surface area (Å²) in [5.74, 6) is -1.25. The molecule has 0 radical (unpaired) electrons. The van der Waals surface area contributed by atoms with Crippen molar-refractivity contribution in [1.82, 2.24) is 0 Å². The van der Waals surface area contributed by atoms with E-state index in [0.29, 0.717) is 5.69 Å². The molecule has 27 heavy (non-hydrogen) atoms. The first-order valence-corrected chi connectivity index (χ1v) is 8.07. The lowest BCUT2D eigenvalue weighted by atomic mass is 10.1. The Bertz CT molecular complexity index is 852. The number of anilines is 2. The summed E-state index contributed by atoms with van der Waals surface area (Å²) in [7, 11) is 1.54. The molecule has 0 bridgehead atoms. The van der Waals surface area contributed by atoms with Crippen LogP contribution in [0, 0.1) is 10.1 Å². The number of nitrogens with one attached hydrogen (secondary N) is 1. The van der Waals surface area contributed by atoms with Gasteiger partial charge in [0.05, 0.1) is 10.5 Å². The number of ether oxygens (including phenoxy) is 1. The SMILES string of the molecule is C=CCN(C(=O)COC(=O)c1ccc(NC)c([N+](=O)[O-])c1)c1ccccc1. The van der Waals surface area contributed by atoms with Gasteiger partial charge in [0.2, 0.25) is 0 Å². The van der Waals surface area contributed by atoms with Crippen LogP contribution in [0.3, 0.4) is 0 Å². The van der Waals surface area contributed by atoms with Crippen LogP contribution in [0.1, 0.15) is 10.4 Å². The Morgan fingerprint density at radius 1 is 1.26 bits per heavy atom. The highest BCUT2D eigenvalue weighted by atomic mass is 16.6. The molecule has 8 nitrogen and oxygen atoms in total. The minimum atomic E-state index is -0.819. The summed E-state index contributed by atoms with van der Waals surface area (Å²) in [4.78, 5) is 36.5. The number of nitro groups is 1. The van der Waals surface area contributed by atoms with Gasteiger partial charge in [0.25, 0.3) is 11.6 Å². The Labute approximate surface area is 156 Å². The molecule has 0 atom stereocenters. The van der Waals surface area contributed by atoms with Crippen molar-refractivity contribution in [2.75, 3.05) is 30.4 Å². The van der Waals surface area contributed by atoms with Gasteiger partial charge in [-0.15, -0.1) is 6.58 Å². The standard InChI is InChI=1S/C19H19N3O5/c1-3-11-21(15-7-5-4-6-8-15)18(23)13-27-19(24)14-9-10-16(20-2)17(12-14)22(25)26/h3-10,12,20H,1,11,13H2,2H3. The van der Waals surface area contributed by atoms with Gasteiger partial charge in [-0.1, -0.05) is 24.3 Å². The minimum Gasteiger partial charge on any atom is -0.452 e. The van der Waals surface area contributed by atoms with Crippen molar-refractivity contribution in [2.24, 2.45) is 0 Å². The van der Waals surface area contributed by atoms with Gasteiger partial charge in [-0.25, -0.2) is 4.79 Å². The molecular weight excluding hydrogens is 350 g/mol. The minimum absolute atomic E-state index is 0.0107. The molecule has 1 N–H and O–H groups in total. The summed E-state index contributed by atoms with van der Waals surface area (Å²) in [5.41, 5.74) is 0.653. The predicted molar refractivity (Wildman–Crippen MR) is 102 cm³/mol. The Hall–Kier alpha value is -3.68. The lowest BCUT2D eigenvalue weighted by molar-refractivity contribution is -0.384. The fourth-order valence-electron chi connectivity index (χ4n) is 2.40. The monoisotopic (exact) mass is 369 g/mol. The number of amides is 1. The van der Waals surface area contributed by atoms with Crippen LogP contribution in [0.5, 0.6) is 0 Å². The highest BCUT2D eigenvalue weighted by Crippen LogP contribution is 2.25. The maximum absolute atomic E-state index is 12.4. The molecule has 0 aliphatic heterocycles. The molecule has 1 amide bonds. The van der Waals surface area contributed by atoms with Crippen molar-refractivity contribution in [3.8, 4) is 0 Å². The summed E-state index contributed by atoms with van der Waals surface area (Å²) in [6.07, 6.45) is 1.56. The topological polar surface area (TPSA) is 102 Å². The molecule has 0 aromatic heterocycles. The van der Waals surface area contributed by atoms with Crippen molar-refractivity contribution in [3.63, 3.8) is 0 Å². The summed E-state index contributed by atoms with van der Waals surface area (Å²) in [6, 6.07) is 12.8. The molecule has 0 aliphatic carbocycles. The van der Waals surface area contributed by atoms with Crippen LogP contribution < -0.4 is 10.2 Å². The molecule has 140 valence electrons. The lowest BCUT2D eigenvalue weighted by Crippen LogP contribution is -2.34. The van der Waals surface area contributed by atoms with Gasteiger partial charge in [-0.2, -0.15) is 0 Å². The number of rotatable bonds is 8. The van der Waals surface area contributed by atoms with Gasteiger partial charge in [-0.3, -0.25) is 14.9 Å². The van der Waals surface area contributed by atoms with Crippen LogP contribution in [0.15, 0.2) is 61.2 Å². The quantitative estimate of drug-likeness (QED) is 0.332. The third-order valence-electron chi connectivity index (χ3n) is 3.71. The number of para-hydroxylation sites is 1. The number of nitrogens with zero attached hydrogens (tertiary/aromatic N) is 2. The van der Waals surface area contributed by atoms with Gasteiger partial charge in [0.1, 0.15) is 5.69 Å². The number of hydrogen-bond donors (Lipinski definition) is 1. The zero-order valence-corrected chi connectivity index (χ0v) is 14.8. The van der Waals surface area contributed by atoms with Gasteiger partial charge in [0, 0.05) is 25.3 Å². The van der Waals surface area contributed by atoms with E-state index in [2.05, 4.69) is 11.9 Å². The summed E-state index contributed by atoms with van der Waals surface area (Å²) in [5, 5.41) is 13.8. The molecule has 0 saturated carbocycles. The van der Waals surface area contributed by atoms with E-state index in [1.165, 1.54) is 24.1 Å². The Kier molecular flexibility index (Phi) is 6.65. The average Bonchev–Trinajstić information content (AvgIpc) is 2.70. The van der Waals surface area contributed by atoms with E-state index < -0.39 is 23.4 Å². The second-order valence-corrected chi connectivity index (χ2v) is 5.44. The van der Waals surface area contributed by atoms with Crippen LogP contribution in [0.2, 0.25) is 0 Å². The highest BCUT2D eigenvalue weighted by Gasteiger charge is 2.20. The summed E-state index contributed by atoms with van der Waals surface area (Å²) >= 11 is 0. The maximum Gasteiger partial charge on any atom is 0.338 e. The van der Waals surface area contributed by atoms with Crippen LogP contribution in [0.4, 0.5) is 17.1 Å². The third kappa shape index (κ3) is 4.91. The van der Waals surface area contributed by atoms with Crippen LogP contribution in [-0.4, -0.2) is 37.0 Å². The van der Waals surface area contributed by atoms with Crippen molar-refractivity contribution in [3.05, 3.63) is 76.9 Å². The molecule has 0 aliphatic rings. The van der Waals surface area contributed by atoms with E-state index >= 15 is 0 Å². The highest BCUT2D eigenvalue weighted by molar-refractivity contribution is 5.97. The zero-order valence-electron chi connectivity index (χ0n) is 14.8. The van der Waals surface area contributed by atoms with E-state index in [9.17, 15) is 19.7 Å². The van der Waals surface area contributed by atoms with E-state index in [1.807, 2.05) is 6.07 Å². The van der Waals surface area contributed by atoms with Gasteiger partial charge >= 0.3 is 5.97 Å². The normalized spacial score (nSPS) is 9.96. The summed E-state index contributed by atoms with van der Waals surface area (Å²) in [6.45, 7) is 3.38. The van der Waals surface area contributed by atoms with Gasteiger partial charge in [-0.05, 0) is 24.3 Å². The largest absolute Gasteiger partial charge is 0.452 e. The van der Waals surface area contributed by atoms with Crippen molar-refractivity contribution < 1.29 is 19.2 Å². The molecule has 0 unspecified atom stereocenters. The maximum atomic E-state index is 12.4. The molecule has 8 heteroatoms. The van der Waals surface area contributed by atoms with Crippen molar-refractivity contribution in [2.45, 2.75) is 0 Å². The fraction of sp³-hybridized carbons (Fsp3) is 0.158. The molecule has 2 aromatic carbocycles. The first-order valence-electron chi connectivity index (χ1n) is 8.07. The van der Waals surface area contributed by atoms with Crippen LogP contribution >= 0.6 is 0 Å². The number of benzene rings is 2. The number of esters is 1. The second kappa shape index (κ2) is 9.14. The molecule has 0 spiro atoms. The second-order valence-electron chi connectivity index (χ2n) is 5.44. The number of nitro benzene ring substituents is 1. The van der Waals surface area contributed by atoms with Crippen molar-refractivity contribution >= 4 is 28.9 Å². The summed E-state index contributed by atoms with van der Waals surface area (Å²) < 4.78 is 5.04. The smallest absolute Gasteiger partial charge is 0.338 e. The third-order valence-corrected chi connectivity index (χ3v) is 3.71. The van der Waals surface area contributed by atoms with E-state index in [1.54, 1.807) is 30.3 Å². The number of carbonyl (C=O) groups excluding carboxylic acids is 2. The van der Waals surface area contributed by atoms with E-state index in [0.717, 1.165) is 6.07 Å². The molecule has 2 rings (SSSR count). The first-order chi connectivity index (χ1) is 13.0. The number of carbonyl (C=O) groups is 2. The van der Waals surface area contributed by atoms with Gasteiger partial charge in [0.15, 0.2) is 6.61 Å². The fourth-order valence-corrected chi connectivity index (χ4v) is 2.40. The average molecular weight is 369 g/mol. The molecule has 0 fully saturated rings. The number of hydrogen-bond acceptors (Lipinski definition) is 6. The Morgan fingerprint density at radius 2 is 1.96 bits per heavy atom. The van der Waals surface area contributed by atoms with Crippen molar-refractivity contribution in [1.29, 1.82) is 0 Å². The molecule has 0 saturated heterocycles. The predicted octanol–water partition coefficient (Wildman–Crippen LogP) is 3.01. The molecule has 0 heterocycles. The zero-order chi connectivity index (χ0) is 19.8. The van der Waals surface area contributed by atoms with E-state index in [4.69, 9.17) is 4.74 Å². The van der Waals surface area contributed by atoms with Crippen LogP contribution in [-0.2, 0) is 9.53 Å². The first kappa shape index (κ1) is 19.6. The molecular formula is C19H19N3O5. The van der Waals surface area contributed by atoms with Gasteiger partial charge < -0.3 is 15.0 Å². The lowest BCUT2D eigenvalue weighted by Gasteiger charge is -2.21. The Balaban J connectivity index is 2.09. The van der Waals surface area contributed by atoms with Crippen LogP contribution in [0.25, 0.3) is 0 Å².